The molecule has 0 saturated carbocycles. The first-order valence-electron chi connectivity index (χ1n) is 13.1. The highest BCUT2D eigenvalue weighted by Crippen LogP contribution is 2.31. The molecule has 1 aliphatic rings. The van der Waals surface area contributed by atoms with E-state index >= 15 is 0 Å². The van der Waals surface area contributed by atoms with Gasteiger partial charge < -0.3 is 24.4 Å². The average molecular weight is 555 g/mol. The van der Waals surface area contributed by atoms with Gasteiger partial charge in [-0.3, -0.25) is 9.59 Å². The molecule has 40 heavy (non-hydrogen) atoms. The van der Waals surface area contributed by atoms with E-state index in [1.54, 1.807) is 25.3 Å². The van der Waals surface area contributed by atoms with Gasteiger partial charge in [0.2, 0.25) is 17.6 Å². The van der Waals surface area contributed by atoms with Crippen molar-refractivity contribution in [3.8, 4) is 22.9 Å². The van der Waals surface area contributed by atoms with Crippen LogP contribution in [0.5, 0.6) is 11.5 Å². The first kappa shape index (κ1) is 28.9. The van der Waals surface area contributed by atoms with Crippen LogP contribution in [-0.4, -0.2) is 75.9 Å². The summed E-state index contributed by atoms with van der Waals surface area (Å²) in [6, 6.07) is 9.76. The zero-order chi connectivity index (χ0) is 28.9. The molecule has 2 heterocycles. The Hall–Kier alpha value is -4.06. The van der Waals surface area contributed by atoms with E-state index in [4.69, 9.17) is 14.2 Å². The standard InChI is InChI=1S/C28H35FN6O5/c1-28(2,3)30-27(37)25(18-8-11-20(29)12-9-18)34(16-21-7-6-14-40-21)24(36)17-35-32-26(31-33-35)19-10-13-22(38-4)23(15-19)39-5/h8-13,15,21,25H,6-7,14,16-17H2,1-5H3,(H,30,37)/t21-,25+/m0/s1. The summed E-state index contributed by atoms with van der Waals surface area (Å²) in [6.07, 6.45) is 1.38. The number of rotatable bonds is 10. The van der Waals surface area contributed by atoms with Crippen LogP contribution in [0.25, 0.3) is 11.4 Å². The number of ether oxygens (including phenoxy) is 3. The van der Waals surface area contributed by atoms with Crippen LogP contribution in [-0.2, 0) is 20.9 Å². The number of tetrazole rings is 1. The van der Waals surface area contributed by atoms with Gasteiger partial charge in [-0.25, -0.2) is 4.39 Å². The Morgan fingerprint density at radius 1 is 1.15 bits per heavy atom. The number of aromatic nitrogens is 4. The third-order valence-electron chi connectivity index (χ3n) is 6.36. The number of hydrogen-bond donors (Lipinski definition) is 1. The SMILES string of the molecule is COc1ccc(-c2nnn(CC(=O)N(C[C@@H]3CCCO3)[C@@H](C(=O)NC(C)(C)C)c3ccc(F)cc3)n2)cc1OC. The molecule has 1 fully saturated rings. The summed E-state index contributed by atoms with van der Waals surface area (Å²) in [6.45, 7) is 6.06. The topological polar surface area (TPSA) is 121 Å². The van der Waals surface area contributed by atoms with E-state index < -0.39 is 23.3 Å². The fraction of sp³-hybridized carbons (Fsp3) is 0.464. The molecule has 0 radical (unpaired) electrons. The maximum Gasteiger partial charge on any atom is 0.247 e. The first-order valence-corrected chi connectivity index (χ1v) is 13.1. The van der Waals surface area contributed by atoms with Crippen LogP contribution in [0.4, 0.5) is 4.39 Å². The van der Waals surface area contributed by atoms with Crippen LogP contribution in [0.1, 0.15) is 45.2 Å². The van der Waals surface area contributed by atoms with Gasteiger partial charge in [-0.1, -0.05) is 12.1 Å². The molecule has 214 valence electrons. The van der Waals surface area contributed by atoms with E-state index in [2.05, 4.69) is 20.7 Å². The van der Waals surface area contributed by atoms with Crippen molar-refractivity contribution in [2.75, 3.05) is 27.4 Å². The highest BCUT2D eigenvalue weighted by Gasteiger charge is 2.36. The molecule has 1 aliphatic heterocycles. The highest BCUT2D eigenvalue weighted by molar-refractivity contribution is 5.89. The summed E-state index contributed by atoms with van der Waals surface area (Å²) >= 11 is 0. The lowest BCUT2D eigenvalue weighted by molar-refractivity contribution is -0.144. The number of nitrogens with one attached hydrogen (secondary N) is 1. The summed E-state index contributed by atoms with van der Waals surface area (Å²) in [5.41, 5.74) is 0.545. The van der Waals surface area contributed by atoms with Crippen LogP contribution in [0.3, 0.4) is 0 Å². The lowest BCUT2D eigenvalue weighted by Crippen LogP contribution is -2.51. The molecule has 3 aromatic rings. The number of hydrogen-bond acceptors (Lipinski definition) is 8. The molecule has 4 rings (SSSR count). The second-order valence-corrected chi connectivity index (χ2v) is 10.6. The van der Waals surface area contributed by atoms with Crippen LogP contribution in [0, 0.1) is 5.82 Å². The van der Waals surface area contributed by atoms with Crippen molar-refractivity contribution < 1.29 is 28.2 Å². The quantitative estimate of drug-likeness (QED) is 0.406. The molecule has 2 aromatic carbocycles. The smallest absolute Gasteiger partial charge is 0.247 e. The van der Waals surface area contributed by atoms with Gasteiger partial charge in [-0.2, -0.15) is 4.80 Å². The molecule has 1 saturated heterocycles. The minimum absolute atomic E-state index is 0.176. The van der Waals surface area contributed by atoms with Crippen LogP contribution >= 0.6 is 0 Å². The van der Waals surface area contributed by atoms with Crippen molar-refractivity contribution in [1.82, 2.24) is 30.4 Å². The monoisotopic (exact) mass is 554 g/mol. The fourth-order valence-corrected chi connectivity index (χ4v) is 4.53. The second kappa shape index (κ2) is 12.4. The Bertz CT molecular complexity index is 1320. The third kappa shape index (κ3) is 7.12. The Morgan fingerprint density at radius 3 is 2.50 bits per heavy atom. The Labute approximate surface area is 232 Å². The van der Waals surface area contributed by atoms with Crippen LogP contribution in [0.2, 0.25) is 0 Å². The second-order valence-electron chi connectivity index (χ2n) is 10.6. The van der Waals surface area contributed by atoms with E-state index in [9.17, 15) is 14.0 Å². The van der Waals surface area contributed by atoms with Gasteiger partial charge in [0, 0.05) is 24.3 Å². The Kier molecular flexibility index (Phi) is 8.98. The molecule has 2 amide bonds. The van der Waals surface area contributed by atoms with Crippen molar-refractivity contribution in [2.45, 2.75) is 57.8 Å². The minimum atomic E-state index is -1.02. The predicted molar refractivity (Wildman–Crippen MR) is 144 cm³/mol. The molecule has 0 unspecified atom stereocenters. The molecule has 11 nitrogen and oxygen atoms in total. The molecular formula is C28H35FN6O5. The molecule has 0 aliphatic carbocycles. The zero-order valence-electron chi connectivity index (χ0n) is 23.4. The minimum Gasteiger partial charge on any atom is -0.493 e. The van der Waals surface area contributed by atoms with Crippen molar-refractivity contribution in [3.05, 3.63) is 53.8 Å². The number of carbonyl (C=O) groups is 2. The van der Waals surface area contributed by atoms with Gasteiger partial charge in [0.25, 0.3) is 0 Å². The van der Waals surface area contributed by atoms with Crippen molar-refractivity contribution in [1.29, 1.82) is 0 Å². The fourth-order valence-electron chi connectivity index (χ4n) is 4.53. The molecule has 2 atom stereocenters. The first-order chi connectivity index (χ1) is 19.1. The number of nitrogens with zero attached hydrogens (tertiary/aromatic N) is 5. The van der Waals surface area contributed by atoms with E-state index in [0.717, 1.165) is 12.8 Å². The van der Waals surface area contributed by atoms with Crippen molar-refractivity contribution in [2.24, 2.45) is 0 Å². The van der Waals surface area contributed by atoms with Crippen molar-refractivity contribution in [3.63, 3.8) is 0 Å². The Morgan fingerprint density at radius 2 is 1.88 bits per heavy atom. The normalized spacial score (nSPS) is 15.9. The summed E-state index contributed by atoms with van der Waals surface area (Å²) < 4.78 is 30.2. The number of halogens is 1. The number of methoxy groups -OCH3 is 2. The number of benzene rings is 2. The highest BCUT2D eigenvalue weighted by atomic mass is 19.1. The summed E-state index contributed by atoms with van der Waals surface area (Å²) in [4.78, 5) is 30.1. The van der Waals surface area contributed by atoms with Crippen LogP contribution < -0.4 is 14.8 Å². The molecule has 1 N–H and O–H groups in total. The largest absolute Gasteiger partial charge is 0.493 e. The van der Waals surface area contributed by atoms with Crippen molar-refractivity contribution >= 4 is 11.8 Å². The maximum atomic E-state index is 13.8. The molecule has 0 bridgehead atoms. The molecule has 0 spiro atoms. The number of amides is 2. The van der Waals surface area contributed by atoms with Gasteiger partial charge in [0.05, 0.1) is 20.3 Å². The lowest BCUT2D eigenvalue weighted by Gasteiger charge is -2.34. The zero-order valence-corrected chi connectivity index (χ0v) is 23.4. The van der Waals surface area contributed by atoms with Gasteiger partial charge >= 0.3 is 0 Å². The van der Waals surface area contributed by atoms with Gasteiger partial charge in [0.15, 0.2) is 11.5 Å². The average Bonchev–Trinajstić information content (AvgIpc) is 3.60. The molecule has 12 heteroatoms. The van der Waals surface area contributed by atoms with Gasteiger partial charge in [-0.15, -0.1) is 10.2 Å². The van der Waals surface area contributed by atoms with Gasteiger partial charge in [0.1, 0.15) is 18.4 Å². The van der Waals surface area contributed by atoms with E-state index in [1.807, 2.05) is 20.8 Å². The Balaban J connectivity index is 1.64. The van der Waals surface area contributed by atoms with Crippen LogP contribution in [0.15, 0.2) is 42.5 Å². The molecule has 1 aromatic heterocycles. The van der Waals surface area contributed by atoms with E-state index in [0.29, 0.717) is 35.1 Å². The number of carbonyl (C=O) groups excluding carboxylic acids is 2. The lowest BCUT2D eigenvalue weighted by atomic mass is 10.0. The van der Waals surface area contributed by atoms with E-state index in [-0.39, 0.29) is 25.1 Å². The third-order valence-corrected chi connectivity index (χ3v) is 6.36. The summed E-state index contributed by atoms with van der Waals surface area (Å²) in [5, 5.41) is 15.5. The van der Waals surface area contributed by atoms with Gasteiger partial charge in [-0.05, 0) is 74.7 Å². The van der Waals surface area contributed by atoms with E-state index in [1.165, 1.54) is 41.1 Å². The predicted octanol–water partition coefficient (Wildman–Crippen LogP) is 3.16. The summed E-state index contributed by atoms with van der Waals surface area (Å²) in [7, 11) is 3.07. The molecular weight excluding hydrogens is 519 g/mol. The maximum absolute atomic E-state index is 13.8. The summed E-state index contributed by atoms with van der Waals surface area (Å²) in [5.74, 6) is 0.111.